The second-order valence-corrected chi connectivity index (χ2v) is 6.04. The summed E-state index contributed by atoms with van der Waals surface area (Å²) in [7, 11) is 3.51. The maximum absolute atomic E-state index is 12.6. The number of benzene rings is 1. The van der Waals surface area contributed by atoms with Crippen LogP contribution in [0.4, 0.5) is 0 Å². The topological polar surface area (TPSA) is 55.8 Å². The quantitative estimate of drug-likeness (QED) is 0.887. The molecular weight excluding hydrogens is 290 g/mol. The zero-order valence-electron chi connectivity index (χ0n) is 12.6. The zero-order valence-corrected chi connectivity index (χ0v) is 13.4. The molecule has 116 valence electrons. The molecule has 0 aliphatic carbocycles. The van der Waals surface area contributed by atoms with E-state index in [1.54, 1.807) is 37.2 Å². The second kappa shape index (κ2) is 6.64. The summed E-state index contributed by atoms with van der Waals surface area (Å²) in [6.07, 6.45) is 0. The van der Waals surface area contributed by atoms with Gasteiger partial charge in [-0.25, -0.2) is 0 Å². The highest BCUT2D eigenvalue weighted by Gasteiger charge is 2.33. The zero-order chi connectivity index (χ0) is 15.6. The van der Waals surface area contributed by atoms with Crippen LogP contribution in [0.1, 0.15) is 18.5 Å². The van der Waals surface area contributed by atoms with Crippen molar-refractivity contribution in [2.45, 2.75) is 19.0 Å². The average molecular weight is 312 g/mol. The molecule has 0 aromatic heterocycles. The van der Waals surface area contributed by atoms with Gasteiger partial charge in [-0.3, -0.25) is 9.69 Å². The molecule has 2 N–H and O–H groups in total. The fourth-order valence-corrected chi connectivity index (χ4v) is 2.84. The molecule has 21 heavy (non-hydrogen) atoms. The monoisotopic (exact) mass is 311 g/mol. The van der Waals surface area contributed by atoms with Gasteiger partial charge in [-0.1, -0.05) is 17.7 Å². The second-order valence-electron chi connectivity index (χ2n) is 5.64. The molecule has 1 aromatic rings. The standard InChI is InChI=1S/C15H22ClN3O2/c1-10-9-17-6-7-19(10)14(15(21)18(2)3)11-4-5-13(20)12(16)8-11/h4-5,8,10,14,17,20H,6-7,9H2,1-3H3. The van der Waals surface area contributed by atoms with E-state index in [0.29, 0.717) is 0 Å². The first kappa shape index (κ1) is 16.1. The van der Waals surface area contributed by atoms with Crippen LogP contribution in [0.3, 0.4) is 0 Å². The van der Waals surface area contributed by atoms with E-state index in [4.69, 9.17) is 11.6 Å². The number of phenolic OH excluding ortho intramolecular Hbond substituents is 1. The molecule has 0 radical (unpaired) electrons. The Kier molecular flexibility index (Phi) is 5.08. The normalized spacial score (nSPS) is 21.0. The lowest BCUT2D eigenvalue weighted by Gasteiger charge is -2.40. The number of hydrogen-bond acceptors (Lipinski definition) is 4. The molecule has 1 aliphatic rings. The van der Waals surface area contributed by atoms with E-state index in [0.717, 1.165) is 25.2 Å². The van der Waals surface area contributed by atoms with E-state index < -0.39 is 0 Å². The number of halogens is 1. The van der Waals surface area contributed by atoms with Crippen LogP contribution in [0.2, 0.25) is 5.02 Å². The summed E-state index contributed by atoms with van der Waals surface area (Å²) >= 11 is 6.01. The maximum Gasteiger partial charge on any atom is 0.244 e. The Bertz CT molecular complexity index is 522. The minimum atomic E-state index is -0.379. The number of aromatic hydroxyl groups is 1. The van der Waals surface area contributed by atoms with Gasteiger partial charge in [0.2, 0.25) is 5.91 Å². The summed E-state index contributed by atoms with van der Waals surface area (Å²) in [5.74, 6) is 0.0512. The van der Waals surface area contributed by atoms with E-state index in [-0.39, 0.29) is 28.8 Å². The number of nitrogens with one attached hydrogen (secondary N) is 1. The van der Waals surface area contributed by atoms with Gasteiger partial charge in [0.05, 0.1) is 5.02 Å². The molecule has 2 unspecified atom stereocenters. The Hall–Kier alpha value is -1.30. The number of nitrogens with zero attached hydrogens (tertiary/aromatic N) is 2. The van der Waals surface area contributed by atoms with Gasteiger partial charge in [0.1, 0.15) is 11.8 Å². The number of amides is 1. The van der Waals surface area contributed by atoms with Gasteiger partial charge >= 0.3 is 0 Å². The number of carbonyl (C=O) groups is 1. The largest absolute Gasteiger partial charge is 0.506 e. The van der Waals surface area contributed by atoms with Gasteiger partial charge in [-0.15, -0.1) is 0 Å². The SMILES string of the molecule is CC1CNCCN1C(C(=O)N(C)C)c1ccc(O)c(Cl)c1. The summed E-state index contributed by atoms with van der Waals surface area (Å²) in [6.45, 7) is 4.60. The first-order valence-corrected chi connectivity index (χ1v) is 7.45. The third-order valence-corrected chi connectivity index (χ3v) is 4.15. The highest BCUT2D eigenvalue weighted by molar-refractivity contribution is 6.32. The Morgan fingerprint density at radius 3 is 2.81 bits per heavy atom. The number of likely N-dealkylation sites (N-methyl/N-ethyl adjacent to an activating group) is 1. The van der Waals surface area contributed by atoms with Crippen molar-refractivity contribution >= 4 is 17.5 Å². The average Bonchev–Trinajstić information content (AvgIpc) is 2.44. The summed E-state index contributed by atoms with van der Waals surface area (Å²) in [6, 6.07) is 4.86. The van der Waals surface area contributed by atoms with Gasteiger partial charge < -0.3 is 15.3 Å². The molecule has 0 bridgehead atoms. The molecule has 1 aromatic carbocycles. The number of rotatable bonds is 3. The fraction of sp³-hybridized carbons (Fsp3) is 0.533. The van der Waals surface area contributed by atoms with Crippen molar-refractivity contribution in [3.63, 3.8) is 0 Å². The van der Waals surface area contributed by atoms with E-state index >= 15 is 0 Å². The first-order valence-electron chi connectivity index (χ1n) is 7.08. The molecule has 2 atom stereocenters. The molecular formula is C15H22ClN3O2. The minimum Gasteiger partial charge on any atom is -0.506 e. The molecule has 1 fully saturated rings. The third kappa shape index (κ3) is 3.48. The summed E-state index contributed by atoms with van der Waals surface area (Å²) in [4.78, 5) is 16.4. The molecule has 2 rings (SSSR count). The van der Waals surface area contributed by atoms with Crippen LogP contribution in [0.15, 0.2) is 18.2 Å². The van der Waals surface area contributed by atoms with Crippen molar-refractivity contribution in [1.82, 2.24) is 15.1 Å². The molecule has 5 nitrogen and oxygen atoms in total. The molecule has 0 saturated carbocycles. The van der Waals surface area contributed by atoms with Crippen LogP contribution in [0, 0.1) is 0 Å². The Labute approximate surface area is 130 Å². The molecule has 1 saturated heterocycles. The highest BCUT2D eigenvalue weighted by Crippen LogP contribution is 2.31. The Morgan fingerprint density at radius 1 is 1.52 bits per heavy atom. The Morgan fingerprint density at radius 2 is 2.24 bits per heavy atom. The third-order valence-electron chi connectivity index (χ3n) is 3.85. The lowest BCUT2D eigenvalue weighted by molar-refractivity contribution is -0.136. The van der Waals surface area contributed by atoms with Gasteiger partial charge in [0.15, 0.2) is 0 Å². The number of phenols is 1. The summed E-state index contributed by atoms with van der Waals surface area (Å²) in [5, 5.41) is 13.2. The molecule has 1 aliphatic heterocycles. The number of hydrogen-bond donors (Lipinski definition) is 2. The molecule has 1 amide bonds. The summed E-state index contributed by atoms with van der Waals surface area (Å²) < 4.78 is 0. The number of carbonyl (C=O) groups excluding carboxylic acids is 1. The van der Waals surface area contributed by atoms with Crippen LogP contribution >= 0.6 is 11.6 Å². The van der Waals surface area contributed by atoms with E-state index in [1.165, 1.54) is 0 Å². The van der Waals surface area contributed by atoms with Crippen molar-refractivity contribution in [3.8, 4) is 5.75 Å². The van der Waals surface area contributed by atoms with Crippen LogP contribution < -0.4 is 5.32 Å². The van der Waals surface area contributed by atoms with Crippen molar-refractivity contribution in [2.24, 2.45) is 0 Å². The molecule has 1 heterocycles. The lowest BCUT2D eigenvalue weighted by Crippen LogP contribution is -2.54. The highest BCUT2D eigenvalue weighted by atomic mass is 35.5. The van der Waals surface area contributed by atoms with Crippen molar-refractivity contribution in [3.05, 3.63) is 28.8 Å². The molecule has 6 heteroatoms. The van der Waals surface area contributed by atoms with Gasteiger partial charge in [0.25, 0.3) is 0 Å². The predicted molar refractivity (Wildman–Crippen MR) is 83.6 cm³/mol. The minimum absolute atomic E-state index is 0.0190. The van der Waals surface area contributed by atoms with Crippen molar-refractivity contribution in [1.29, 1.82) is 0 Å². The molecule has 0 spiro atoms. The van der Waals surface area contributed by atoms with Gasteiger partial charge in [-0.2, -0.15) is 0 Å². The van der Waals surface area contributed by atoms with Crippen LogP contribution in [-0.2, 0) is 4.79 Å². The van der Waals surface area contributed by atoms with Crippen molar-refractivity contribution in [2.75, 3.05) is 33.7 Å². The van der Waals surface area contributed by atoms with Crippen LogP contribution in [0.5, 0.6) is 5.75 Å². The van der Waals surface area contributed by atoms with E-state index in [2.05, 4.69) is 17.1 Å². The van der Waals surface area contributed by atoms with E-state index in [1.807, 2.05) is 0 Å². The fourth-order valence-electron chi connectivity index (χ4n) is 2.65. The van der Waals surface area contributed by atoms with Crippen LogP contribution in [-0.4, -0.2) is 60.6 Å². The van der Waals surface area contributed by atoms with Gasteiger partial charge in [-0.05, 0) is 24.6 Å². The maximum atomic E-state index is 12.6. The lowest BCUT2D eigenvalue weighted by atomic mass is 10.0. The Balaban J connectivity index is 2.39. The van der Waals surface area contributed by atoms with Gasteiger partial charge in [0, 0.05) is 39.8 Å². The van der Waals surface area contributed by atoms with Crippen molar-refractivity contribution < 1.29 is 9.90 Å². The van der Waals surface area contributed by atoms with Crippen LogP contribution in [0.25, 0.3) is 0 Å². The number of piperazine rings is 1. The van der Waals surface area contributed by atoms with E-state index in [9.17, 15) is 9.90 Å². The summed E-state index contributed by atoms with van der Waals surface area (Å²) in [5.41, 5.74) is 0.810. The predicted octanol–water partition coefficient (Wildman–Crippen LogP) is 1.47. The first-order chi connectivity index (χ1) is 9.91. The smallest absolute Gasteiger partial charge is 0.244 e.